The van der Waals surface area contributed by atoms with Crippen molar-refractivity contribution in [2.75, 3.05) is 27.2 Å². The Kier molecular flexibility index (Phi) is 15.0. The number of ether oxygens (including phenoxy) is 5. The van der Waals surface area contributed by atoms with Crippen LogP contribution in [0.3, 0.4) is 0 Å². The minimum atomic E-state index is -1.33. The molecule has 3 spiro atoms. The topological polar surface area (TPSA) is 185 Å². The molecule has 6 aliphatic rings. The zero-order valence-electron chi connectivity index (χ0n) is 40.5. The average molecular weight is 890 g/mol. The smallest absolute Gasteiger partial charge is 0.315 e. The molecular formula is C49H83N3O11. The van der Waals surface area contributed by atoms with Gasteiger partial charge in [0.05, 0.1) is 53.2 Å². The minimum absolute atomic E-state index is 0.0166. The Labute approximate surface area is 377 Å². The number of aliphatic hydroxyl groups is 2. The Morgan fingerprint density at radius 2 is 1.62 bits per heavy atom. The summed E-state index contributed by atoms with van der Waals surface area (Å²) in [5.41, 5.74) is -3.11. The van der Waals surface area contributed by atoms with Crippen LogP contribution in [0, 0.1) is 40.9 Å². The van der Waals surface area contributed by atoms with E-state index in [1.807, 2.05) is 74.7 Å². The largest absolute Gasteiger partial charge is 0.481 e. The summed E-state index contributed by atoms with van der Waals surface area (Å²) in [7, 11) is 4.00. The van der Waals surface area contributed by atoms with E-state index in [1.54, 1.807) is 0 Å². The number of aliphatic hydroxyl groups excluding tert-OH is 1. The standard InChI is InChI=1S/C49H83N3O11/c1-13-34(42(55)56)36-18-17-30(5)47(60-36)28-44(47,9)41(54)32(7)39(53)35(14-2)40-29(4)27-31(6)48(61-40)22-19-37(51-43(57)50-25-16-26-52(11)12)49(63-48)24-23-45(10,62-49)38-20-21-46(58,15-3)33(8)59-38/h19,22,29-38,40-41,54,58H,13-18,20-21,23-28H2,1-12H3,(H,55,56)(H2,50,51,57)/t29-,30-,31+,32+,33-,34+,35-,36+,37+,38+,40-,41+,44?,45-,46+,47+,48-,49-/m0/s1. The van der Waals surface area contributed by atoms with E-state index in [1.165, 1.54) is 0 Å². The molecule has 0 bridgehead atoms. The number of aliphatic carboxylic acids is 1. The summed E-state index contributed by atoms with van der Waals surface area (Å²) in [5.74, 6) is -5.51. The second-order valence-electron chi connectivity index (χ2n) is 21.5. The Morgan fingerprint density at radius 3 is 2.24 bits per heavy atom. The number of carboxylic acids is 1. The highest BCUT2D eigenvalue weighted by Crippen LogP contribution is 2.68. The van der Waals surface area contributed by atoms with Gasteiger partial charge in [0, 0.05) is 36.1 Å². The maximum Gasteiger partial charge on any atom is 0.315 e. The Bertz CT molecular complexity index is 1680. The monoisotopic (exact) mass is 890 g/mol. The fourth-order valence-electron chi connectivity index (χ4n) is 12.6. The van der Waals surface area contributed by atoms with E-state index in [2.05, 4.69) is 36.3 Å². The Balaban J connectivity index is 1.23. The molecule has 5 heterocycles. The summed E-state index contributed by atoms with van der Waals surface area (Å²) in [6.45, 7) is 21.3. The van der Waals surface area contributed by atoms with Crippen molar-refractivity contribution in [2.45, 2.75) is 211 Å². The van der Waals surface area contributed by atoms with Gasteiger partial charge in [-0.3, -0.25) is 9.59 Å². The lowest BCUT2D eigenvalue weighted by atomic mass is 9.72. The Morgan fingerprint density at radius 1 is 0.921 bits per heavy atom. The number of carboxylic acid groups (broad SMARTS) is 1. The first kappa shape index (κ1) is 50.2. The maximum atomic E-state index is 14.8. The molecule has 5 N–H and O–H groups in total. The number of carbonyl (C=O) groups excluding carboxylic acids is 2. The molecule has 18 atom stereocenters. The van der Waals surface area contributed by atoms with Crippen molar-refractivity contribution in [2.24, 2.45) is 40.9 Å². The first-order chi connectivity index (χ1) is 29.5. The molecule has 5 aliphatic heterocycles. The van der Waals surface area contributed by atoms with Gasteiger partial charge in [-0.15, -0.1) is 0 Å². The minimum Gasteiger partial charge on any atom is -0.481 e. The van der Waals surface area contributed by atoms with Gasteiger partial charge in [0.1, 0.15) is 11.8 Å². The molecular weight excluding hydrogens is 807 g/mol. The van der Waals surface area contributed by atoms with Gasteiger partial charge in [-0.2, -0.15) is 0 Å². The third-order valence-electron chi connectivity index (χ3n) is 17.1. The molecule has 4 saturated heterocycles. The summed E-state index contributed by atoms with van der Waals surface area (Å²) in [5, 5.41) is 39.5. The van der Waals surface area contributed by atoms with Gasteiger partial charge in [0.25, 0.3) is 0 Å². The van der Waals surface area contributed by atoms with Crippen molar-refractivity contribution in [3.05, 3.63) is 12.2 Å². The lowest BCUT2D eigenvalue weighted by molar-refractivity contribution is -0.397. The van der Waals surface area contributed by atoms with E-state index in [-0.39, 0.29) is 41.8 Å². The highest BCUT2D eigenvalue weighted by Gasteiger charge is 2.74. The number of amides is 2. The van der Waals surface area contributed by atoms with E-state index in [0.717, 1.165) is 19.4 Å². The van der Waals surface area contributed by atoms with Crippen LogP contribution in [-0.4, -0.2) is 130 Å². The highest BCUT2D eigenvalue weighted by atomic mass is 16.8. The lowest BCUT2D eigenvalue weighted by Crippen LogP contribution is -2.66. The predicted octanol–water partition coefficient (Wildman–Crippen LogP) is 6.59. The number of nitrogens with zero attached hydrogens (tertiary/aromatic N) is 1. The molecule has 14 nitrogen and oxygen atoms in total. The van der Waals surface area contributed by atoms with Crippen molar-refractivity contribution in [1.29, 1.82) is 0 Å². The normalized spacial score (nSPS) is 44.4. The van der Waals surface area contributed by atoms with Gasteiger partial charge < -0.3 is 54.5 Å². The van der Waals surface area contributed by atoms with Crippen molar-refractivity contribution in [3.63, 3.8) is 0 Å². The van der Waals surface area contributed by atoms with Crippen LogP contribution < -0.4 is 10.6 Å². The number of Topliss-reactive ketones (excluding diaryl/α,β-unsaturated/α-hetero) is 1. The van der Waals surface area contributed by atoms with E-state index < -0.39 is 81.9 Å². The molecule has 6 rings (SSSR count). The maximum absolute atomic E-state index is 14.8. The van der Waals surface area contributed by atoms with Gasteiger partial charge in [-0.05, 0) is 123 Å². The number of hydrogen-bond acceptors (Lipinski definition) is 11. The first-order valence-electron chi connectivity index (χ1n) is 24.5. The fourth-order valence-corrected chi connectivity index (χ4v) is 12.6. The third-order valence-corrected chi connectivity index (χ3v) is 17.1. The van der Waals surface area contributed by atoms with E-state index in [4.69, 9.17) is 23.7 Å². The molecule has 14 heteroatoms. The molecule has 5 fully saturated rings. The van der Waals surface area contributed by atoms with Crippen LogP contribution in [0.2, 0.25) is 0 Å². The highest BCUT2D eigenvalue weighted by molar-refractivity contribution is 5.84. The SMILES string of the molecule is CC[C@@H](C(=O)[C@@H](C)[C@@H](O)C1(C)C[C@]12O[C@@H]([C@@H](CC)C(=O)O)CC[C@@H]2C)[C@H]1O[C@]2(C=C[C@@H](NC(=O)NCCCN(C)C)[C@]3(CC[C@@](C)([C@H]4CC[C@](O)(CC)[C@H](C)O4)O3)O2)[C@H](C)C[C@@H]1C. The average Bonchev–Trinajstić information content (AvgIpc) is 3.69. The predicted molar refractivity (Wildman–Crippen MR) is 239 cm³/mol. The zero-order valence-corrected chi connectivity index (χ0v) is 40.5. The Hall–Kier alpha value is -2.17. The van der Waals surface area contributed by atoms with Crippen LogP contribution in [0.15, 0.2) is 12.2 Å². The molecule has 63 heavy (non-hydrogen) atoms. The zero-order chi connectivity index (χ0) is 46.5. The molecule has 1 unspecified atom stereocenters. The fraction of sp³-hybridized carbons (Fsp3) is 0.898. The molecule has 2 amide bonds. The number of hydrogen-bond donors (Lipinski definition) is 5. The van der Waals surface area contributed by atoms with Gasteiger partial charge in [-0.1, -0.05) is 61.5 Å². The second-order valence-corrected chi connectivity index (χ2v) is 21.5. The van der Waals surface area contributed by atoms with Gasteiger partial charge in [0.2, 0.25) is 0 Å². The molecule has 1 saturated carbocycles. The summed E-state index contributed by atoms with van der Waals surface area (Å²) >= 11 is 0. The third kappa shape index (κ3) is 9.28. The number of rotatable bonds is 16. The van der Waals surface area contributed by atoms with Crippen molar-refractivity contribution in [1.82, 2.24) is 15.5 Å². The summed E-state index contributed by atoms with van der Waals surface area (Å²) < 4.78 is 34.9. The van der Waals surface area contributed by atoms with Crippen LogP contribution >= 0.6 is 0 Å². The number of carbonyl (C=O) groups is 3. The van der Waals surface area contributed by atoms with E-state index in [9.17, 15) is 29.7 Å². The first-order valence-corrected chi connectivity index (χ1v) is 24.5. The second kappa shape index (κ2) is 18.8. The van der Waals surface area contributed by atoms with Crippen LogP contribution in [-0.2, 0) is 33.3 Å². The van der Waals surface area contributed by atoms with Crippen molar-refractivity contribution < 1.29 is 53.4 Å². The number of ketones is 1. The van der Waals surface area contributed by atoms with Crippen LogP contribution in [0.1, 0.15) is 146 Å². The van der Waals surface area contributed by atoms with Crippen LogP contribution in [0.25, 0.3) is 0 Å². The van der Waals surface area contributed by atoms with Crippen molar-refractivity contribution >= 4 is 17.8 Å². The van der Waals surface area contributed by atoms with E-state index >= 15 is 0 Å². The molecule has 360 valence electrons. The summed E-state index contributed by atoms with van der Waals surface area (Å²) in [4.78, 5) is 42.5. The lowest BCUT2D eigenvalue weighted by Gasteiger charge is -2.55. The van der Waals surface area contributed by atoms with Crippen LogP contribution in [0.5, 0.6) is 0 Å². The van der Waals surface area contributed by atoms with E-state index in [0.29, 0.717) is 70.8 Å². The van der Waals surface area contributed by atoms with Crippen LogP contribution in [0.4, 0.5) is 4.79 Å². The number of nitrogens with one attached hydrogen (secondary N) is 2. The van der Waals surface area contributed by atoms with Gasteiger partial charge in [0.15, 0.2) is 11.6 Å². The molecule has 0 radical (unpaired) electrons. The summed E-state index contributed by atoms with van der Waals surface area (Å²) in [6.07, 6.45) is 8.41. The molecule has 0 aromatic carbocycles. The molecule has 1 aliphatic carbocycles. The molecule has 0 aromatic rings. The van der Waals surface area contributed by atoms with Gasteiger partial charge >= 0.3 is 12.0 Å². The number of urea groups is 1. The molecule has 0 aromatic heterocycles. The van der Waals surface area contributed by atoms with Gasteiger partial charge in [-0.25, -0.2) is 4.79 Å². The quantitative estimate of drug-likeness (QED) is 0.0829. The summed E-state index contributed by atoms with van der Waals surface area (Å²) in [6, 6.07) is -0.997. The van der Waals surface area contributed by atoms with Crippen molar-refractivity contribution in [3.8, 4) is 0 Å².